The number of nitrogens with zero attached hydrogens (tertiary/aromatic N) is 2. The van der Waals surface area contributed by atoms with Crippen molar-refractivity contribution < 1.29 is 0 Å². The third-order valence-corrected chi connectivity index (χ3v) is 2.71. The SMILES string of the molecule is CC(C)(C)CCNc1ncnc2ccccc12. The predicted octanol–water partition coefficient (Wildman–Crippen LogP) is 3.48. The summed E-state index contributed by atoms with van der Waals surface area (Å²) < 4.78 is 0. The minimum Gasteiger partial charge on any atom is -0.369 e. The van der Waals surface area contributed by atoms with Gasteiger partial charge in [0.15, 0.2) is 0 Å². The summed E-state index contributed by atoms with van der Waals surface area (Å²) >= 11 is 0. The Morgan fingerprint density at radius 3 is 2.65 bits per heavy atom. The molecule has 1 aromatic carbocycles. The van der Waals surface area contributed by atoms with Crippen molar-refractivity contribution in [2.24, 2.45) is 5.41 Å². The maximum Gasteiger partial charge on any atom is 0.137 e. The van der Waals surface area contributed by atoms with Gasteiger partial charge in [0.2, 0.25) is 0 Å². The van der Waals surface area contributed by atoms with E-state index in [4.69, 9.17) is 0 Å². The summed E-state index contributed by atoms with van der Waals surface area (Å²) in [6, 6.07) is 8.07. The fraction of sp³-hybridized carbons (Fsp3) is 0.429. The Hall–Kier alpha value is -1.64. The molecule has 0 aliphatic heterocycles. The van der Waals surface area contributed by atoms with Gasteiger partial charge in [-0.05, 0) is 24.0 Å². The molecular weight excluding hydrogens is 210 g/mol. The van der Waals surface area contributed by atoms with Gasteiger partial charge in [0.05, 0.1) is 5.52 Å². The van der Waals surface area contributed by atoms with Crippen molar-refractivity contribution in [1.29, 1.82) is 0 Å². The van der Waals surface area contributed by atoms with Crippen LogP contribution >= 0.6 is 0 Å². The molecule has 0 atom stereocenters. The van der Waals surface area contributed by atoms with Crippen LogP contribution in [-0.4, -0.2) is 16.5 Å². The summed E-state index contributed by atoms with van der Waals surface area (Å²) in [4.78, 5) is 8.55. The molecule has 3 nitrogen and oxygen atoms in total. The summed E-state index contributed by atoms with van der Waals surface area (Å²) in [6.07, 6.45) is 2.73. The van der Waals surface area contributed by atoms with Crippen LogP contribution in [0.25, 0.3) is 10.9 Å². The lowest BCUT2D eigenvalue weighted by molar-refractivity contribution is 0.389. The number of aromatic nitrogens is 2. The highest BCUT2D eigenvalue weighted by Crippen LogP contribution is 2.21. The second kappa shape index (κ2) is 4.70. The molecule has 2 aromatic rings. The van der Waals surface area contributed by atoms with Crippen LogP contribution in [0.5, 0.6) is 0 Å². The van der Waals surface area contributed by atoms with Crippen LogP contribution in [0.3, 0.4) is 0 Å². The largest absolute Gasteiger partial charge is 0.369 e. The second-order valence-electron chi connectivity index (χ2n) is 5.48. The molecular formula is C14H19N3. The van der Waals surface area contributed by atoms with Crippen LogP contribution in [0.2, 0.25) is 0 Å². The molecule has 1 heterocycles. The molecule has 0 spiro atoms. The van der Waals surface area contributed by atoms with E-state index in [0.717, 1.165) is 29.7 Å². The van der Waals surface area contributed by atoms with Crippen molar-refractivity contribution in [2.75, 3.05) is 11.9 Å². The molecule has 0 radical (unpaired) electrons. The van der Waals surface area contributed by atoms with Gasteiger partial charge in [-0.15, -0.1) is 0 Å². The first-order valence-corrected chi connectivity index (χ1v) is 6.00. The minimum atomic E-state index is 0.343. The standard InChI is InChI=1S/C14H19N3/c1-14(2,3)8-9-15-13-11-6-4-5-7-12(11)16-10-17-13/h4-7,10H,8-9H2,1-3H3,(H,15,16,17). The Balaban J connectivity index is 2.13. The number of para-hydroxylation sites is 1. The van der Waals surface area contributed by atoms with Crippen LogP contribution in [0.4, 0.5) is 5.82 Å². The lowest BCUT2D eigenvalue weighted by Crippen LogP contribution is -2.13. The summed E-state index contributed by atoms with van der Waals surface area (Å²) in [5.74, 6) is 0.930. The normalized spacial score (nSPS) is 11.7. The van der Waals surface area contributed by atoms with E-state index in [1.54, 1.807) is 6.33 Å². The topological polar surface area (TPSA) is 37.8 Å². The lowest BCUT2D eigenvalue weighted by atomic mass is 9.92. The quantitative estimate of drug-likeness (QED) is 0.875. The van der Waals surface area contributed by atoms with E-state index < -0.39 is 0 Å². The van der Waals surface area contributed by atoms with E-state index in [0.29, 0.717) is 5.41 Å². The Labute approximate surface area is 102 Å². The third kappa shape index (κ3) is 3.16. The molecule has 3 heteroatoms. The van der Waals surface area contributed by atoms with E-state index in [2.05, 4.69) is 42.1 Å². The van der Waals surface area contributed by atoms with Gasteiger partial charge in [0.25, 0.3) is 0 Å². The van der Waals surface area contributed by atoms with Crippen molar-refractivity contribution >= 4 is 16.7 Å². The molecule has 2 rings (SSSR count). The van der Waals surface area contributed by atoms with Gasteiger partial charge in [0.1, 0.15) is 12.1 Å². The number of fused-ring (bicyclic) bond motifs is 1. The van der Waals surface area contributed by atoms with Gasteiger partial charge in [-0.2, -0.15) is 0 Å². The number of hydrogen-bond donors (Lipinski definition) is 1. The van der Waals surface area contributed by atoms with Crippen molar-refractivity contribution in [1.82, 2.24) is 9.97 Å². The van der Waals surface area contributed by atoms with E-state index >= 15 is 0 Å². The number of nitrogens with one attached hydrogen (secondary N) is 1. The summed E-state index contributed by atoms with van der Waals surface area (Å²) in [5.41, 5.74) is 1.33. The van der Waals surface area contributed by atoms with Gasteiger partial charge < -0.3 is 5.32 Å². The Morgan fingerprint density at radius 1 is 1.12 bits per heavy atom. The Morgan fingerprint density at radius 2 is 1.88 bits per heavy atom. The zero-order valence-corrected chi connectivity index (χ0v) is 10.7. The average molecular weight is 229 g/mol. The number of rotatable bonds is 3. The highest BCUT2D eigenvalue weighted by molar-refractivity contribution is 5.88. The predicted molar refractivity (Wildman–Crippen MR) is 72.1 cm³/mol. The summed E-state index contributed by atoms with van der Waals surface area (Å²) in [6.45, 7) is 7.66. The van der Waals surface area contributed by atoms with E-state index in [1.807, 2.05) is 18.2 Å². The number of hydrogen-bond acceptors (Lipinski definition) is 3. The van der Waals surface area contributed by atoms with Crippen molar-refractivity contribution in [2.45, 2.75) is 27.2 Å². The number of benzene rings is 1. The van der Waals surface area contributed by atoms with Gasteiger partial charge in [-0.1, -0.05) is 32.9 Å². The molecule has 0 aliphatic rings. The first kappa shape index (κ1) is 11.8. The van der Waals surface area contributed by atoms with Crippen molar-refractivity contribution in [3.63, 3.8) is 0 Å². The first-order chi connectivity index (χ1) is 8.06. The molecule has 90 valence electrons. The Bertz CT molecular complexity index is 495. The van der Waals surface area contributed by atoms with Crippen LogP contribution in [-0.2, 0) is 0 Å². The van der Waals surface area contributed by atoms with Crippen LogP contribution in [0.15, 0.2) is 30.6 Å². The van der Waals surface area contributed by atoms with Gasteiger partial charge in [0, 0.05) is 11.9 Å². The van der Waals surface area contributed by atoms with Crippen LogP contribution in [0.1, 0.15) is 27.2 Å². The van der Waals surface area contributed by atoms with Gasteiger partial charge in [-0.3, -0.25) is 0 Å². The molecule has 0 bridgehead atoms. The first-order valence-electron chi connectivity index (χ1n) is 6.00. The molecule has 1 aromatic heterocycles. The van der Waals surface area contributed by atoms with Gasteiger partial charge >= 0.3 is 0 Å². The third-order valence-electron chi connectivity index (χ3n) is 2.71. The molecule has 0 saturated heterocycles. The fourth-order valence-electron chi connectivity index (χ4n) is 1.70. The van der Waals surface area contributed by atoms with Crippen molar-refractivity contribution in [3.8, 4) is 0 Å². The van der Waals surface area contributed by atoms with Crippen molar-refractivity contribution in [3.05, 3.63) is 30.6 Å². The zero-order chi connectivity index (χ0) is 12.3. The summed E-state index contributed by atoms with van der Waals surface area (Å²) in [5, 5.41) is 4.48. The molecule has 17 heavy (non-hydrogen) atoms. The van der Waals surface area contributed by atoms with Gasteiger partial charge in [-0.25, -0.2) is 9.97 Å². The highest BCUT2D eigenvalue weighted by atomic mass is 15.0. The smallest absolute Gasteiger partial charge is 0.137 e. The van der Waals surface area contributed by atoms with E-state index in [1.165, 1.54) is 0 Å². The molecule has 0 amide bonds. The second-order valence-corrected chi connectivity index (χ2v) is 5.48. The molecule has 0 unspecified atom stereocenters. The maximum atomic E-state index is 4.30. The monoisotopic (exact) mass is 229 g/mol. The molecule has 0 aliphatic carbocycles. The van der Waals surface area contributed by atoms with E-state index in [9.17, 15) is 0 Å². The molecule has 1 N–H and O–H groups in total. The fourth-order valence-corrected chi connectivity index (χ4v) is 1.70. The van der Waals surface area contributed by atoms with Crippen LogP contribution in [0, 0.1) is 5.41 Å². The minimum absolute atomic E-state index is 0.343. The zero-order valence-electron chi connectivity index (χ0n) is 10.7. The average Bonchev–Trinajstić information content (AvgIpc) is 2.28. The molecule has 0 fully saturated rings. The highest BCUT2D eigenvalue weighted by Gasteiger charge is 2.10. The summed E-state index contributed by atoms with van der Waals surface area (Å²) in [7, 11) is 0. The maximum absolute atomic E-state index is 4.30. The lowest BCUT2D eigenvalue weighted by Gasteiger charge is -2.18. The van der Waals surface area contributed by atoms with E-state index in [-0.39, 0.29) is 0 Å². The number of anilines is 1. The van der Waals surface area contributed by atoms with Crippen LogP contribution < -0.4 is 5.32 Å². The molecule has 0 saturated carbocycles. The Kier molecular flexibility index (Phi) is 3.27.